The largest absolute Gasteiger partial charge is 0.472 e. The van der Waals surface area contributed by atoms with E-state index in [0.717, 1.165) is 44.9 Å². The summed E-state index contributed by atoms with van der Waals surface area (Å²) in [7, 11) is 0. The molecule has 1 aromatic carbocycles. The highest BCUT2D eigenvalue weighted by atomic mass is 127. The van der Waals surface area contributed by atoms with Crippen LogP contribution in [-0.4, -0.2) is 20.5 Å². The van der Waals surface area contributed by atoms with Crippen LogP contribution >= 0.6 is 22.6 Å². The van der Waals surface area contributed by atoms with E-state index in [0.29, 0.717) is 24.9 Å². The Balaban J connectivity index is 2.02. The number of carbonyl (C=O) groups excluding carboxylic acids is 1. The first-order chi connectivity index (χ1) is 13.6. The number of Topliss-reactive ketones (excluding diaryl/α,β-unsaturated/α-hetero) is 1. The lowest BCUT2D eigenvalue weighted by Gasteiger charge is -2.16. The van der Waals surface area contributed by atoms with Crippen molar-refractivity contribution in [2.45, 2.75) is 59.1 Å². The quantitative estimate of drug-likeness (QED) is 0.274. The third-order valence-corrected chi connectivity index (χ3v) is 5.80. The Morgan fingerprint density at radius 2 is 2.04 bits per heavy atom. The molecule has 0 unspecified atom stereocenters. The van der Waals surface area contributed by atoms with E-state index in [9.17, 15) is 4.79 Å². The second kappa shape index (κ2) is 9.49. The average molecular weight is 491 g/mol. The summed E-state index contributed by atoms with van der Waals surface area (Å²) in [6.07, 6.45) is 6.96. The molecule has 0 amide bonds. The zero-order valence-corrected chi connectivity index (χ0v) is 18.8. The zero-order valence-electron chi connectivity index (χ0n) is 16.6. The Hall–Kier alpha value is -1.96. The Morgan fingerprint density at radius 3 is 2.71 bits per heavy atom. The third kappa shape index (κ3) is 4.37. The Bertz CT molecular complexity index is 964. The summed E-state index contributed by atoms with van der Waals surface area (Å²) in [6, 6.07) is 8.23. The van der Waals surface area contributed by atoms with Crippen LogP contribution in [0.2, 0.25) is 0 Å². The van der Waals surface area contributed by atoms with Crippen LogP contribution in [0.25, 0.3) is 10.9 Å². The Morgan fingerprint density at radius 1 is 1.25 bits per heavy atom. The van der Waals surface area contributed by atoms with Crippen LogP contribution in [0, 0.1) is 3.57 Å². The minimum atomic E-state index is 0.147. The zero-order chi connectivity index (χ0) is 20.1. The first-order valence-electron chi connectivity index (χ1n) is 9.85. The first-order valence-corrected chi connectivity index (χ1v) is 10.9. The maximum atomic E-state index is 12.7. The topological polar surface area (TPSA) is 57.0 Å². The van der Waals surface area contributed by atoms with Gasteiger partial charge in [0.25, 0.3) is 0 Å². The van der Waals surface area contributed by atoms with Gasteiger partial charge in [-0.25, -0.2) is 4.98 Å². The van der Waals surface area contributed by atoms with E-state index >= 15 is 0 Å². The van der Waals surface area contributed by atoms with Crippen LogP contribution in [0.5, 0.6) is 5.88 Å². The van der Waals surface area contributed by atoms with E-state index in [1.54, 1.807) is 6.20 Å². The summed E-state index contributed by atoms with van der Waals surface area (Å²) in [5.41, 5.74) is 2.67. The molecule has 0 radical (unpaired) electrons. The Kier molecular flexibility index (Phi) is 7.04. The molecule has 0 spiro atoms. The van der Waals surface area contributed by atoms with Gasteiger partial charge in [0, 0.05) is 29.1 Å². The fourth-order valence-corrected chi connectivity index (χ4v) is 3.93. The maximum Gasteiger partial charge on any atom is 0.227 e. The second-order valence-electron chi connectivity index (χ2n) is 6.88. The number of hydrogen-bond donors (Lipinski definition) is 0. The van der Waals surface area contributed by atoms with Crippen molar-refractivity contribution in [1.29, 1.82) is 0 Å². The number of nitrogens with zero attached hydrogens (tertiary/aromatic N) is 3. The molecule has 2 heterocycles. The van der Waals surface area contributed by atoms with Gasteiger partial charge in [0.1, 0.15) is 6.61 Å². The highest BCUT2D eigenvalue weighted by molar-refractivity contribution is 14.1. The summed E-state index contributed by atoms with van der Waals surface area (Å²) in [5, 5.41) is 5.61. The van der Waals surface area contributed by atoms with Gasteiger partial charge in [-0.05, 0) is 66.1 Å². The normalized spacial score (nSPS) is 11.3. The molecule has 6 heteroatoms. The smallest absolute Gasteiger partial charge is 0.227 e. The van der Waals surface area contributed by atoms with Gasteiger partial charge in [-0.2, -0.15) is 5.10 Å². The standard InChI is InChI=1S/C22H26IN3O2/c1-4-8-21(27)18-11-15-13-25-26(17(5-2)6-3)20(15)12-16(18)14-28-22-19(23)9-7-10-24-22/h7,9-13,17H,4-6,8,14H2,1-3H3. The molecule has 0 saturated carbocycles. The van der Waals surface area contributed by atoms with Gasteiger partial charge >= 0.3 is 0 Å². The fourth-order valence-electron chi connectivity index (χ4n) is 3.43. The SMILES string of the molecule is CCCC(=O)c1cc2cnn(C(CC)CC)c2cc1COc1ncccc1I. The molecule has 0 fully saturated rings. The van der Waals surface area contributed by atoms with Crippen LogP contribution in [0.3, 0.4) is 0 Å². The molecular weight excluding hydrogens is 465 g/mol. The average Bonchev–Trinajstić information content (AvgIpc) is 3.11. The number of carbonyl (C=O) groups is 1. The monoisotopic (exact) mass is 491 g/mol. The first kappa shape index (κ1) is 20.8. The van der Waals surface area contributed by atoms with E-state index in [-0.39, 0.29) is 5.78 Å². The van der Waals surface area contributed by atoms with Crippen LogP contribution in [0.1, 0.15) is 68.4 Å². The van der Waals surface area contributed by atoms with Crippen molar-refractivity contribution in [3.8, 4) is 5.88 Å². The molecule has 0 N–H and O–H groups in total. The molecule has 3 rings (SSSR count). The van der Waals surface area contributed by atoms with E-state index in [1.807, 2.05) is 31.3 Å². The van der Waals surface area contributed by atoms with Gasteiger partial charge in [0.2, 0.25) is 5.88 Å². The number of pyridine rings is 1. The van der Waals surface area contributed by atoms with Crippen LogP contribution in [0.4, 0.5) is 0 Å². The van der Waals surface area contributed by atoms with Crippen molar-refractivity contribution in [3.05, 3.63) is 51.4 Å². The molecule has 28 heavy (non-hydrogen) atoms. The van der Waals surface area contributed by atoms with Gasteiger partial charge in [-0.15, -0.1) is 0 Å². The lowest BCUT2D eigenvalue weighted by Crippen LogP contribution is -2.10. The summed E-state index contributed by atoms with van der Waals surface area (Å²) < 4.78 is 9.00. The number of ketones is 1. The van der Waals surface area contributed by atoms with Crippen LogP contribution in [0.15, 0.2) is 36.7 Å². The molecule has 5 nitrogen and oxygen atoms in total. The fraction of sp³-hybridized carbons (Fsp3) is 0.409. The lowest BCUT2D eigenvalue weighted by atomic mass is 9.99. The molecule has 0 aliphatic rings. The van der Waals surface area contributed by atoms with Gasteiger partial charge in [0.05, 0.1) is 21.3 Å². The van der Waals surface area contributed by atoms with E-state index in [1.165, 1.54) is 0 Å². The van der Waals surface area contributed by atoms with Crippen molar-refractivity contribution in [1.82, 2.24) is 14.8 Å². The molecule has 3 aromatic rings. The summed E-state index contributed by atoms with van der Waals surface area (Å²) >= 11 is 2.21. The van der Waals surface area contributed by atoms with Gasteiger partial charge in [-0.3, -0.25) is 9.48 Å². The number of halogens is 1. The third-order valence-electron chi connectivity index (χ3n) is 4.98. The van der Waals surface area contributed by atoms with Crippen molar-refractivity contribution in [3.63, 3.8) is 0 Å². The van der Waals surface area contributed by atoms with E-state index in [2.05, 4.69) is 57.3 Å². The number of rotatable bonds is 9. The van der Waals surface area contributed by atoms with E-state index in [4.69, 9.17) is 4.74 Å². The maximum absolute atomic E-state index is 12.7. The summed E-state index contributed by atoms with van der Waals surface area (Å²) in [4.78, 5) is 17.0. The highest BCUT2D eigenvalue weighted by Gasteiger charge is 2.18. The molecule has 2 aromatic heterocycles. The van der Waals surface area contributed by atoms with Gasteiger partial charge in [-0.1, -0.05) is 20.8 Å². The molecule has 0 aliphatic heterocycles. The van der Waals surface area contributed by atoms with Crippen LogP contribution in [-0.2, 0) is 6.61 Å². The molecule has 0 atom stereocenters. The van der Waals surface area contributed by atoms with Crippen molar-refractivity contribution in [2.24, 2.45) is 0 Å². The van der Waals surface area contributed by atoms with Crippen LogP contribution < -0.4 is 4.74 Å². The predicted molar refractivity (Wildman–Crippen MR) is 120 cm³/mol. The minimum Gasteiger partial charge on any atom is -0.472 e. The number of ether oxygens (including phenoxy) is 1. The molecule has 0 bridgehead atoms. The Labute approximate surface area is 179 Å². The molecule has 0 aliphatic carbocycles. The highest BCUT2D eigenvalue weighted by Crippen LogP contribution is 2.27. The van der Waals surface area contributed by atoms with Crippen molar-refractivity contribution < 1.29 is 9.53 Å². The molecule has 148 valence electrons. The molecular formula is C22H26IN3O2. The number of hydrogen-bond acceptors (Lipinski definition) is 4. The number of fused-ring (bicyclic) bond motifs is 1. The van der Waals surface area contributed by atoms with Crippen molar-refractivity contribution in [2.75, 3.05) is 0 Å². The van der Waals surface area contributed by atoms with Gasteiger partial charge < -0.3 is 4.74 Å². The van der Waals surface area contributed by atoms with Crippen molar-refractivity contribution >= 4 is 39.3 Å². The number of benzene rings is 1. The summed E-state index contributed by atoms with van der Waals surface area (Å²) in [5.74, 6) is 0.736. The minimum absolute atomic E-state index is 0.147. The van der Waals surface area contributed by atoms with E-state index < -0.39 is 0 Å². The molecule has 0 saturated heterocycles. The lowest BCUT2D eigenvalue weighted by molar-refractivity contribution is 0.0979. The summed E-state index contributed by atoms with van der Waals surface area (Å²) in [6.45, 7) is 6.68. The predicted octanol–water partition coefficient (Wildman–Crippen LogP) is 5.96. The number of aromatic nitrogens is 3. The van der Waals surface area contributed by atoms with Gasteiger partial charge in [0.15, 0.2) is 5.78 Å². The second-order valence-corrected chi connectivity index (χ2v) is 8.04.